The van der Waals surface area contributed by atoms with Crippen molar-refractivity contribution < 1.29 is 14.3 Å². The number of aryl methyl sites for hydroxylation is 1. The number of hydrogen-bond donors (Lipinski definition) is 1. The van der Waals surface area contributed by atoms with Gasteiger partial charge in [-0.3, -0.25) is 4.79 Å². The Balaban J connectivity index is 2.36. The molecule has 0 atom stereocenters. The Bertz CT molecular complexity index is 553. The van der Waals surface area contributed by atoms with Crippen molar-refractivity contribution in [3.63, 3.8) is 0 Å². The first-order valence-corrected chi connectivity index (χ1v) is 4.98. The number of carboxylic acid groups (broad SMARTS) is 1. The lowest BCUT2D eigenvalue weighted by molar-refractivity contribution is -0.136. The number of aromatic nitrogens is 2. The van der Waals surface area contributed by atoms with E-state index in [2.05, 4.69) is 4.98 Å². The summed E-state index contributed by atoms with van der Waals surface area (Å²) in [5.74, 6) is -1.35. The Kier molecular flexibility index (Phi) is 2.78. The summed E-state index contributed by atoms with van der Waals surface area (Å²) in [6, 6.07) is 1.17. The van der Waals surface area contributed by atoms with Crippen molar-refractivity contribution in [2.24, 2.45) is 0 Å². The zero-order chi connectivity index (χ0) is 11.7. The molecule has 0 aliphatic rings. The molecule has 0 bridgehead atoms. The van der Waals surface area contributed by atoms with Gasteiger partial charge < -0.3 is 9.51 Å². The van der Waals surface area contributed by atoms with Gasteiger partial charge in [0.1, 0.15) is 5.82 Å². The minimum absolute atomic E-state index is 0.00994. The molecule has 2 rings (SSSR count). The highest BCUT2D eigenvalue weighted by Gasteiger charge is 2.08. The highest BCUT2D eigenvalue weighted by atomic mass is 35.5. The number of pyridine rings is 1. The third kappa shape index (κ3) is 2.14. The third-order valence-corrected chi connectivity index (χ3v) is 2.40. The molecule has 16 heavy (non-hydrogen) atoms. The van der Waals surface area contributed by atoms with E-state index >= 15 is 0 Å². The number of nitrogens with zero attached hydrogens (tertiary/aromatic N) is 2. The van der Waals surface area contributed by atoms with Crippen molar-refractivity contribution >= 4 is 23.2 Å². The zero-order valence-corrected chi connectivity index (χ0v) is 8.91. The minimum Gasteiger partial charge on any atom is -0.481 e. The van der Waals surface area contributed by atoms with Crippen LogP contribution in [0.2, 0.25) is 5.02 Å². The summed E-state index contributed by atoms with van der Waals surface area (Å²) in [5.41, 5.74) is 1.01. The van der Waals surface area contributed by atoms with E-state index in [1.165, 1.54) is 16.7 Å². The van der Waals surface area contributed by atoms with E-state index in [9.17, 15) is 9.18 Å². The summed E-state index contributed by atoms with van der Waals surface area (Å²) in [6.45, 7) is 0. The molecule has 2 heterocycles. The normalized spacial score (nSPS) is 10.9. The van der Waals surface area contributed by atoms with Crippen LogP contribution < -0.4 is 0 Å². The molecule has 0 amide bonds. The second-order valence-corrected chi connectivity index (χ2v) is 3.77. The lowest BCUT2D eigenvalue weighted by atomic mass is 10.2. The summed E-state index contributed by atoms with van der Waals surface area (Å²) < 4.78 is 14.4. The summed E-state index contributed by atoms with van der Waals surface area (Å²) >= 11 is 5.80. The molecule has 4 nitrogen and oxygen atoms in total. The third-order valence-electron chi connectivity index (χ3n) is 2.12. The fourth-order valence-electron chi connectivity index (χ4n) is 1.43. The van der Waals surface area contributed by atoms with Gasteiger partial charge in [-0.2, -0.15) is 0 Å². The quantitative estimate of drug-likeness (QED) is 0.897. The Labute approximate surface area is 95.3 Å². The second-order valence-electron chi connectivity index (χ2n) is 3.36. The Morgan fingerprint density at radius 3 is 3.00 bits per heavy atom. The maximum Gasteiger partial charge on any atom is 0.303 e. The van der Waals surface area contributed by atoms with Gasteiger partial charge in [0.25, 0.3) is 0 Å². The fourth-order valence-corrected chi connectivity index (χ4v) is 1.67. The van der Waals surface area contributed by atoms with Crippen LogP contribution in [0.25, 0.3) is 5.65 Å². The van der Waals surface area contributed by atoms with E-state index in [1.54, 1.807) is 6.20 Å². The van der Waals surface area contributed by atoms with E-state index in [1.807, 2.05) is 0 Å². The largest absolute Gasteiger partial charge is 0.481 e. The number of carbonyl (C=O) groups is 1. The average Bonchev–Trinajstić information content (AvgIpc) is 2.57. The van der Waals surface area contributed by atoms with Crippen LogP contribution in [-0.2, 0) is 11.2 Å². The Morgan fingerprint density at radius 2 is 2.31 bits per heavy atom. The van der Waals surface area contributed by atoms with E-state index < -0.39 is 11.8 Å². The average molecular weight is 243 g/mol. The number of carboxylic acids is 1. The van der Waals surface area contributed by atoms with Crippen molar-refractivity contribution in [3.8, 4) is 0 Å². The summed E-state index contributed by atoms with van der Waals surface area (Å²) in [4.78, 5) is 14.5. The zero-order valence-electron chi connectivity index (χ0n) is 8.15. The lowest BCUT2D eigenvalue weighted by Gasteiger charge is -1.94. The first-order chi connectivity index (χ1) is 7.56. The van der Waals surface area contributed by atoms with Gasteiger partial charge in [0.05, 0.1) is 17.1 Å². The van der Waals surface area contributed by atoms with Gasteiger partial charge in [0, 0.05) is 18.8 Å². The lowest BCUT2D eigenvalue weighted by Crippen LogP contribution is -1.97. The van der Waals surface area contributed by atoms with E-state index in [0.29, 0.717) is 17.8 Å². The van der Waals surface area contributed by atoms with Gasteiger partial charge in [-0.15, -0.1) is 0 Å². The highest BCUT2D eigenvalue weighted by Crippen LogP contribution is 2.18. The molecule has 0 fully saturated rings. The van der Waals surface area contributed by atoms with Gasteiger partial charge in [0.2, 0.25) is 0 Å². The molecule has 0 aliphatic carbocycles. The van der Waals surface area contributed by atoms with Crippen LogP contribution in [0.5, 0.6) is 0 Å². The Hall–Kier alpha value is -1.62. The predicted octanol–water partition coefficient (Wildman–Crippen LogP) is 2.14. The van der Waals surface area contributed by atoms with E-state index in [4.69, 9.17) is 16.7 Å². The van der Waals surface area contributed by atoms with Crippen molar-refractivity contribution in [2.45, 2.75) is 12.8 Å². The van der Waals surface area contributed by atoms with Crippen molar-refractivity contribution in [3.05, 3.63) is 35.0 Å². The molecule has 1 N–H and O–H groups in total. The number of halogens is 2. The van der Waals surface area contributed by atoms with Gasteiger partial charge >= 0.3 is 5.97 Å². The first kappa shape index (κ1) is 10.9. The van der Waals surface area contributed by atoms with Crippen LogP contribution in [0.1, 0.15) is 12.1 Å². The van der Waals surface area contributed by atoms with Gasteiger partial charge in [-0.1, -0.05) is 11.6 Å². The predicted molar refractivity (Wildman–Crippen MR) is 56.1 cm³/mol. The molecular weight excluding hydrogens is 235 g/mol. The standard InChI is InChI=1S/C10H8ClFN2O2/c11-8-3-6(12)4-14-5-7(13-10(8)14)1-2-9(15)16/h3-5H,1-2H2,(H,15,16). The molecule has 84 valence electrons. The first-order valence-electron chi connectivity index (χ1n) is 4.60. The molecule has 0 saturated carbocycles. The number of imidazole rings is 1. The van der Waals surface area contributed by atoms with Crippen LogP contribution in [0.3, 0.4) is 0 Å². The number of fused-ring (bicyclic) bond motifs is 1. The van der Waals surface area contributed by atoms with Gasteiger partial charge in [-0.25, -0.2) is 9.37 Å². The molecule has 6 heteroatoms. The molecular formula is C10H8ClFN2O2. The number of hydrogen-bond acceptors (Lipinski definition) is 2. The SMILES string of the molecule is O=C(O)CCc1cn2cc(F)cc(Cl)c2n1. The summed E-state index contributed by atoms with van der Waals surface area (Å²) in [5, 5.41) is 8.74. The molecule has 2 aromatic rings. The van der Waals surface area contributed by atoms with Crippen molar-refractivity contribution in [1.82, 2.24) is 9.38 Å². The maximum atomic E-state index is 13.0. The molecule has 0 aliphatic heterocycles. The van der Waals surface area contributed by atoms with Crippen molar-refractivity contribution in [1.29, 1.82) is 0 Å². The number of aliphatic carboxylic acids is 1. The topological polar surface area (TPSA) is 54.6 Å². The van der Waals surface area contributed by atoms with E-state index in [0.717, 1.165) is 0 Å². The Morgan fingerprint density at radius 1 is 1.56 bits per heavy atom. The molecule has 0 saturated heterocycles. The molecule has 0 unspecified atom stereocenters. The van der Waals surface area contributed by atoms with Crippen LogP contribution >= 0.6 is 11.6 Å². The van der Waals surface area contributed by atoms with E-state index in [-0.39, 0.29) is 11.4 Å². The van der Waals surface area contributed by atoms with Crippen LogP contribution in [0, 0.1) is 5.82 Å². The van der Waals surface area contributed by atoms with Crippen LogP contribution in [-0.4, -0.2) is 20.5 Å². The molecule has 0 radical (unpaired) electrons. The molecule has 0 spiro atoms. The maximum absolute atomic E-state index is 13.0. The smallest absolute Gasteiger partial charge is 0.303 e. The summed E-state index contributed by atoms with van der Waals surface area (Å²) in [6.07, 6.45) is 3.12. The van der Waals surface area contributed by atoms with Gasteiger partial charge in [0.15, 0.2) is 5.65 Å². The highest BCUT2D eigenvalue weighted by molar-refractivity contribution is 6.33. The van der Waals surface area contributed by atoms with Crippen molar-refractivity contribution in [2.75, 3.05) is 0 Å². The molecule has 0 aromatic carbocycles. The second kappa shape index (κ2) is 4.09. The van der Waals surface area contributed by atoms with Gasteiger partial charge in [-0.05, 0) is 6.07 Å². The number of rotatable bonds is 3. The monoisotopic (exact) mass is 242 g/mol. The fraction of sp³-hybridized carbons (Fsp3) is 0.200. The summed E-state index contributed by atoms with van der Waals surface area (Å²) in [7, 11) is 0. The van der Waals surface area contributed by atoms with Crippen LogP contribution in [0.4, 0.5) is 4.39 Å². The van der Waals surface area contributed by atoms with Crippen LogP contribution in [0.15, 0.2) is 18.5 Å². The molecule has 2 aromatic heterocycles. The minimum atomic E-state index is -0.894.